The number of phenolic OH excluding ortho intramolecular Hbond substituents is 3. The Kier molecular flexibility index (Phi) is 6.84. The number of fused-ring (bicyclic) bond motifs is 1. The van der Waals surface area contributed by atoms with Gasteiger partial charge in [-0.2, -0.15) is 0 Å². The molecule has 0 aliphatic carbocycles. The Morgan fingerprint density at radius 1 is 0.889 bits per heavy atom. The summed E-state index contributed by atoms with van der Waals surface area (Å²) in [7, 11) is 2.53. The van der Waals surface area contributed by atoms with E-state index in [4.69, 9.17) is 23.4 Å². The van der Waals surface area contributed by atoms with Crippen molar-refractivity contribution < 1.29 is 59.1 Å². The molecule has 1 aliphatic heterocycles. The second-order valence-corrected chi connectivity index (χ2v) is 7.94. The number of aliphatic hydroxyl groups is 4. The summed E-state index contributed by atoms with van der Waals surface area (Å²) >= 11 is 0. The molecule has 2 heterocycles. The molecule has 5 atom stereocenters. The Balaban J connectivity index is 1.97. The summed E-state index contributed by atoms with van der Waals surface area (Å²) in [4.78, 5) is 13.5. The number of hydrogen-bond acceptors (Lipinski definition) is 13. The van der Waals surface area contributed by atoms with E-state index < -0.39 is 65.4 Å². The van der Waals surface area contributed by atoms with E-state index in [-0.39, 0.29) is 34.2 Å². The first kappa shape index (κ1) is 25.3. The highest BCUT2D eigenvalue weighted by Crippen LogP contribution is 2.44. The molecule has 2 aromatic carbocycles. The molecule has 1 fully saturated rings. The molecule has 194 valence electrons. The molecule has 0 spiro atoms. The Labute approximate surface area is 202 Å². The molecular weight excluding hydrogens is 484 g/mol. The lowest BCUT2D eigenvalue weighted by molar-refractivity contribution is -0.277. The minimum atomic E-state index is -1.86. The average Bonchev–Trinajstić information content (AvgIpc) is 2.85. The summed E-state index contributed by atoms with van der Waals surface area (Å²) < 4.78 is 26.9. The summed E-state index contributed by atoms with van der Waals surface area (Å²) in [6.45, 7) is -0.742. The van der Waals surface area contributed by atoms with E-state index in [1.807, 2.05) is 0 Å². The molecule has 13 nitrogen and oxygen atoms in total. The van der Waals surface area contributed by atoms with E-state index in [0.717, 1.165) is 6.07 Å². The molecule has 7 N–H and O–H groups in total. The van der Waals surface area contributed by atoms with Crippen molar-refractivity contribution in [3.8, 4) is 45.8 Å². The van der Waals surface area contributed by atoms with Crippen LogP contribution in [0, 0.1) is 0 Å². The fourth-order valence-corrected chi connectivity index (χ4v) is 3.90. The Morgan fingerprint density at radius 2 is 1.61 bits per heavy atom. The predicted molar refractivity (Wildman–Crippen MR) is 120 cm³/mol. The number of aromatic hydroxyl groups is 3. The predicted octanol–water partition coefficient (Wildman–Crippen LogP) is -0.227. The van der Waals surface area contributed by atoms with Crippen LogP contribution in [0.2, 0.25) is 0 Å². The zero-order valence-electron chi connectivity index (χ0n) is 19.0. The SMILES string of the molecule is COc1ccc(-c2oc3c(OC)c(O)cc(O)c3c(=O)c2O[C@H]2O[C@H](CO)[C@@H](O)[C@@H](O)[C@H]2O)cc1O. The van der Waals surface area contributed by atoms with Crippen molar-refractivity contribution in [2.75, 3.05) is 20.8 Å². The first-order chi connectivity index (χ1) is 17.1. The maximum absolute atomic E-state index is 13.5. The van der Waals surface area contributed by atoms with Gasteiger partial charge in [0, 0.05) is 11.6 Å². The van der Waals surface area contributed by atoms with Gasteiger partial charge in [0.2, 0.25) is 23.2 Å². The molecule has 1 aromatic heterocycles. The zero-order chi connectivity index (χ0) is 26.3. The van der Waals surface area contributed by atoms with Crippen molar-refractivity contribution >= 4 is 11.0 Å². The lowest BCUT2D eigenvalue weighted by atomic mass is 9.99. The third-order valence-corrected chi connectivity index (χ3v) is 5.77. The van der Waals surface area contributed by atoms with Gasteiger partial charge in [-0.25, -0.2) is 0 Å². The lowest BCUT2D eigenvalue weighted by Crippen LogP contribution is -2.60. The smallest absolute Gasteiger partial charge is 0.239 e. The third kappa shape index (κ3) is 4.12. The molecule has 0 radical (unpaired) electrons. The largest absolute Gasteiger partial charge is 0.507 e. The highest BCUT2D eigenvalue weighted by atomic mass is 16.7. The highest BCUT2D eigenvalue weighted by Gasteiger charge is 2.45. The summed E-state index contributed by atoms with van der Waals surface area (Å²) in [6.07, 6.45) is -8.44. The van der Waals surface area contributed by atoms with Gasteiger partial charge in [0.15, 0.2) is 28.6 Å². The fraction of sp³-hybridized carbons (Fsp3) is 0.348. The van der Waals surface area contributed by atoms with Crippen molar-refractivity contribution in [1.29, 1.82) is 0 Å². The van der Waals surface area contributed by atoms with Crippen LogP contribution in [-0.2, 0) is 4.74 Å². The van der Waals surface area contributed by atoms with Crippen LogP contribution in [0.1, 0.15) is 0 Å². The van der Waals surface area contributed by atoms with Gasteiger partial charge in [0.05, 0.1) is 20.8 Å². The summed E-state index contributed by atoms with van der Waals surface area (Å²) in [5.41, 5.74) is -1.28. The van der Waals surface area contributed by atoms with Gasteiger partial charge in [-0.15, -0.1) is 0 Å². The summed E-state index contributed by atoms with van der Waals surface area (Å²) in [6, 6.07) is 4.80. The fourth-order valence-electron chi connectivity index (χ4n) is 3.90. The van der Waals surface area contributed by atoms with E-state index in [0.29, 0.717) is 0 Å². The van der Waals surface area contributed by atoms with Gasteiger partial charge in [-0.3, -0.25) is 4.79 Å². The monoisotopic (exact) mass is 508 g/mol. The average molecular weight is 508 g/mol. The van der Waals surface area contributed by atoms with E-state index in [1.54, 1.807) is 0 Å². The molecule has 0 bridgehead atoms. The number of benzene rings is 2. The van der Waals surface area contributed by atoms with Gasteiger partial charge >= 0.3 is 0 Å². The van der Waals surface area contributed by atoms with Crippen LogP contribution in [-0.4, -0.2) is 87.3 Å². The van der Waals surface area contributed by atoms with Gasteiger partial charge in [0.1, 0.15) is 35.6 Å². The van der Waals surface area contributed by atoms with Crippen LogP contribution in [0.25, 0.3) is 22.3 Å². The number of methoxy groups -OCH3 is 2. The molecule has 4 rings (SSSR count). The van der Waals surface area contributed by atoms with Gasteiger partial charge in [0.25, 0.3) is 0 Å². The molecule has 0 saturated carbocycles. The minimum Gasteiger partial charge on any atom is -0.507 e. The van der Waals surface area contributed by atoms with Crippen LogP contribution in [0.4, 0.5) is 0 Å². The molecule has 36 heavy (non-hydrogen) atoms. The minimum absolute atomic E-state index is 0.0665. The van der Waals surface area contributed by atoms with E-state index in [9.17, 15) is 40.5 Å². The summed E-state index contributed by atoms with van der Waals surface area (Å²) in [5, 5.41) is 70.4. The molecule has 1 aliphatic rings. The van der Waals surface area contributed by atoms with Crippen molar-refractivity contribution in [1.82, 2.24) is 0 Å². The van der Waals surface area contributed by atoms with Crippen molar-refractivity contribution in [3.63, 3.8) is 0 Å². The van der Waals surface area contributed by atoms with Crippen molar-refractivity contribution in [3.05, 3.63) is 34.5 Å². The first-order valence-corrected chi connectivity index (χ1v) is 10.6. The standard InChI is InChI=1S/C23H24O13/c1-32-12-4-3-8(5-9(12)25)19-22(36-23-18(31)17(30)15(28)13(7-24)34-23)16(29)14-10(26)6-11(27)20(33-2)21(14)35-19/h3-6,13,15,17-18,23-28,30-31H,7H2,1-2H3/t13-,15-,17-,18-,23-/m1/s1. The topological polar surface area (TPSA) is 209 Å². The number of hydrogen-bond donors (Lipinski definition) is 7. The first-order valence-electron chi connectivity index (χ1n) is 10.6. The Hall–Kier alpha value is -3.75. The second kappa shape index (κ2) is 9.72. The second-order valence-electron chi connectivity index (χ2n) is 7.94. The molecule has 0 amide bonds. The Morgan fingerprint density at radius 3 is 2.22 bits per heavy atom. The van der Waals surface area contributed by atoms with Crippen LogP contribution < -0.4 is 19.6 Å². The van der Waals surface area contributed by atoms with E-state index in [1.165, 1.54) is 32.4 Å². The number of rotatable bonds is 6. The maximum atomic E-state index is 13.5. The molecule has 1 saturated heterocycles. The molecular formula is C23H24O13. The van der Waals surface area contributed by atoms with Crippen LogP contribution in [0.3, 0.4) is 0 Å². The summed E-state index contributed by atoms with van der Waals surface area (Å²) in [5.74, 6) is -2.69. The number of aliphatic hydroxyl groups excluding tert-OH is 4. The molecule has 3 aromatic rings. The maximum Gasteiger partial charge on any atom is 0.239 e. The van der Waals surface area contributed by atoms with Gasteiger partial charge in [-0.05, 0) is 18.2 Å². The van der Waals surface area contributed by atoms with Crippen molar-refractivity contribution in [2.45, 2.75) is 30.7 Å². The van der Waals surface area contributed by atoms with Crippen LogP contribution >= 0.6 is 0 Å². The van der Waals surface area contributed by atoms with Crippen molar-refractivity contribution in [2.24, 2.45) is 0 Å². The highest BCUT2D eigenvalue weighted by molar-refractivity contribution is 5.93. The quantitative estimate of drug-likeness (QED) is 0.230. The number of phenols is 3. The number of ether oxygens (including phenoxy) is 4. The van der Waals surface area contributed by atoms with E-state index >= 15 is 0 Å². The van der Waals surface area contributed by atoms with Crippen LogP contribution in [0.15, 0.2) is 33.5 Å². The van der Waals surface area contributed by atoms with E-state index in [2.05, 4.69) is 0 Å². The lowest BCUT2D eigenvalue weighted by Gasteiger charge is -2.39. The van der Waals surface area contributed by atoms with Gasteiger partial charge < -0.3 is 59.1 Å². The van der Waals surface area contributed by atoms with Gasteiger partial charge in [-0.1, -0.05) is 0 Å². The third-order valence-electron chi connectivity index (χ3n) is 5.77. The zero-order valence-corrected chi connectivity index (χ0v) is 19.0. The van der Waals surface area contributed by atoms with Crippen LogP contribution in [0.5, 0.6) is 34.5 Å². The molecule has 0 unspecified atom stereocenters. The normalized spacial score (nSPS) is 24.0. The Bertz CT molecular complexity index is 1330. The molecule has 13 heteroatoms.